The summed E-state index contributed by atoms with van der Waals surface area (Å²) in [6.45, 7) is 5.31. The van der Waals surface area contributed by atoms with Gasteiger partial charge in [0.15, 0.2) is 0 Å². The van der Waals surface area contributed by atoms with Gasteiger partial charge in [-0.25, -0.2) is 0 Å². The Kier molecular flexibility index (Phi) is 5.30. The van der Waals surface area contributed by atoms with E-state index < -0.39 is 0 Å². The third-order valence-electron chi connectivity index (χ3n) is 6.22. The Bertz CT molecular complexity index is 262. The lowest BCUT2D eigenvalue weighted by Gasteiger charge is -2.46. The minimum absolute atomic E-state index is 0.0386. The molecule has 19 heavy (non-hydrogen) atoms. The molecule has 2 saturated carbocycles. The lowest BCUT2D eigenvalue weighted by atomic mass is 9.62. The quantitative estimate of drug-likeness (QED) is 0.815. The van der Waals surface area contributed by atoms with Crippen molar-refractivity contribution < 1.29 is 5.11 Å². The van der Waals surface area contributed by atoms with Gasteiger partial charge in [-0.2, -0.15) is 0 Å². The smallest absolute Gasteiger partial charge is 0.0636 e. The second-order valence-electron chi connectivity index (χ2n) is 7.38. The summed E-state index contributed by atoms with van der Waals surface area (Å²) in [6.07, 6.45) is 11.0. The molecule has 2 rings (SSSR count). The van der Waals surface area contributed by atoms with Gasteiger partial charge in [-0.05, 0) is 56.3 Å². The largest absolute Gasteiger partial charge is 0.392 e. The van der Waals surface area contributed by atoms with Crippen LogP contribution >= 0.6 is 0 Å². The second-order valence-corrected chi connectivity index (χ2v) is 7.38. The highest BCUT2D eigenvalue weighted by Gasteiger charge is 2.43. The molecule has 0 aromatic rings. The first-order valence-electron chi connectivity index (χ1n) is 8.49. The van der Waals surface area contributed by atoms with Crippen LogP contribution in [0.5, 0.6) is 0 Å². The van der Waals surface area contributed by atoms with E-state index in [0.717, 1.165) is 24.7 Å². The zero-order valence-corrected chi connectivity index (χ0v) is 12.9. The molecule has 2 nitrogen and oxygen atoms in total. The Balaban J connectivity index is 1.96. The summed E-state index contributed by atoms with van der Waals surface area (Å²) in [6, 6.07) is 0. The van der Waals surface area contributed by atoms with Crippen molar-refractivity contribution in [2.24, 2.45) is 28.9 Å². The van der Waals surface area contributed by atoms with Gasteiger partial charge in [0, 0.05) is 12.0 Å². The summed E-state index contributed by atoms with van der Waals surface area (Å²) in [7, 11) is 0. The first-order chi connectivity index (χ1) is 9.11. The monoisotopic (exact) mass is 267 g/mol. The van der Waals surface area contributed by atoms with E-state index in [2.05, 4.69) is 13.8 Å². The normalized spacial score (nSPS) is 42.0. The standard InChI is InChI=1S/C17H33NO/c1-3-14-8-10-17(12-18,11-9-14)16(19)15-6-4-13(2)5-7-15/h13-16,19H,3-12,18H2,1-2H3. The molecule has 2 fully saturated rings. The number of aliphatic hydroxyl groups is 1. The highest BCUT2D eigenvalue weighted by Crippen LogP contribution is 2.46. The number of hydrogen-bond acceptors (Lipinski definition) is 2. The number of aliphatic hydroxyl groups excluding tert-OH is 1. The van der Waals surface area contributed by atoms with Crippen LogP contribution in [0.4, 0.5) is 0 Å². The molecular formula is C17H33NO. The van der Waals surface area contributed by atoms with E-state index in [4.69, 9.17) is 5.73 Å². The Morgan fingerprint density at radius 1 is 1.11 bits per heavy atom. The number of hydrogen-bond donors (Lipinski definition) is 2. The number of nitrogens with two attached hydrogens (primary N) is 1. The van der Waals surface area contributed by atoms with Gasteiger partial charge >= 0.3 is 0 Å². The van der Waals surface area contributed by atoms with Gasteiger partial charge in [-0.1, -0.05) is 33.1 Å². The predicted molar refractivity (Wildman–Crippen MR) is 80.9 cm³/mol. The molecule has 0 aliphatic heterocycles. The Morgan fingerprint density at radius 2 is 1.68 bits per heavy atom. The third-order valence-corrected chi connectivity index (χ3v) is 6.22. The zero-order valence-electron chi connectivity index (χ0n) is 12.9. The maximum atomic E-state index is 10.9. The van der Waals surface area contributed by atoms with E-state index in [1.807, 2.05) is 0 Å². The van der Waals surface area contributed by atoms with Gasteiger partial charge in [0.2, 0.25) is 0 Å². The van der Waals surface area contributed by atoms with Gasteiger partial charge in [0.05, 0.1) is 6.10 Å². The van der Waals surface area contributed by atoms with E-state index >= 15 is 0 Å². The van der Waals surface area contributed by atoms with Crippen molar-refractivity contribution in [3.05, 3.63) is 0 Å². The van der Waals surface area contributed by atoms with Crippen molar-refractivity contribution >= 4 is 0 Å². The summed E-state index contributed by atoms with van der Waals surface area (Å²) in [5, 5.41) is 10.9. The molecule has 0 aromatic carbocycles. The summed E-state index contributed by atoms with van der Waals surface area (Å²) >= 11 is 0. The minimum atomic E-state index is -0.150. The van der Waals surface area contributed by atoms with Crippen molar-refractivity contribution in [2.75, 3.05) is 6.54 Å². The van der Waals surface area contributed by atoms with E-state index in [1.54, 1.807) is 0 Å². The first kappa shape index (κ1) is 15.3. The van der Waals surface area contributed by atoms with Crippen LogP contribution in [0.3, 0.4) is 0 Å². The summed E-state index contributed by atoms with van der Waals surface area (Å²) in [5.74, 6) is 2.24. The maximum Gasteiger partial charge on any atom is 0.0636 e. The van der Waals surface area contributed by atoms with Crippen molar-refractivity contribution in [3.63, 3.8) is 0 Å². The molecule has 0 amide bonds. The molecule has 2 heteroatoms. The van der Waals surface area contributed by atoms with Gasteiger partial charge in [-0.3, -0.25) is 0 Å². The molecule has 3 N–H and O–H groups in total. The van der Waals surface area contributed by atoms with E-state index in [0.29, 0.717) is 12.5 Å². The summed E-state index contributed by atoms with van der Waals surface area (Å²) in [5.41, 5.74) is 6.14. The Hall–Kier alpha value is -0.0800. The molecule has 2 aliphatic carbocycles. The topological polar surface area (TPSA) is 46.2 Å². The first-order valence-corrected chi connectivity index (χ1v) is 8.49. The predicted octanol–water partition coefficient (Wildman–Crippen LogP) is 3.72. The molecule has 0 saturated heterocycles. The van der Waals surface area contributed by atoms with Crippen LogP contribution in [0.25, 0.3) is 0 Å². The molecule has 1 unspecified atom stereocenters. The molecule has 0 aromatic heterocycles. The minimum Gasteiger partial charge on any atom is -0.392 e. The molecule has 0 spiro atoms. The second kappa shape index (κ2) is 6.58. The Morgan fingerprint density at radius 3 is 2.16 bits per heavy atom. The van der Waals surface area contributed by atoms with Crippen molar-refractivity contribution in [2.45, 2.75) is 77.7 Å². The van der Waals surface area contributed by atoms with E-state index in [1.165, 1.54) is 44.9 Å². The van der Waals surface area contributed by atoms with Gasteiger partial charge < -0.3 is 10.8 Å². The van der Waals surface area contributed by atoms with E-state index in [9.17, 15) is 5.11 Å². The van der Waals surface area contributed by atoms with Gasteiger partial charge in [-0.15, -0.1) is 0 Å². The SMILES string of the molecule is CCC1CCC(CN)(C(O)C2CCC(C)CC2)CC1. The fourth-order valence-corrected chi connectivity index (χ4v) is 4.38. The van der Waals surface area contributed by atoms with Crippen molar-refractivity contribution in [1.29, 1.82) is 0 Å². The molecule has 2 aliphatic rings. The van der Waals surface area contributed by atoms with Gasteiger partial charge in [0.25, 0.3) is 0 Å². The van der Waals surface area contributed by atoms with Crippen LogP contribution in [0.15, 0.2) is 0 Å². The maximum absolute atomic E-state index is 10.9. The van der Waals surface area contributed by atoms with Crippen LogP contribution in [0.2, 0.25) is 0 Å². The van der Waals surface area contributed by atoms with E-state index in [-0.39, 0.29) is 11.5 Å². The third kappa shape index (κ3) is 3.33. The molecule has 112 valence electrons. The lowest BCUT2D eigenvalue weighted by molar-refractivity contribution is -0.0565. The fraction of sp³-hybridized carbons (Fsp3) is 1.00. The number of rotatable bonds is 4. The Labute approximate surface area is 119 Å². The molecule has 0 radical (unpaired) electrons. The van der Waals surface area contributed by atoms with Crippen LogP contribution in [0.1, 0.15) is 71.6 Å². The zero-order chi connectivity index (χ0) is 13.9. The van der Waals surface area contributed by atoms with Gasteiger partial charge in [0.1, 0.15) is 0 Å². The molecule has 0 bridgehead atoms. The van der Waals surface area contributed by atoms with Crippen LogP contribution in [-0.2, 0) is 0 Å². The highest BCUT2D eigenvalue weighted by molar-refractivity contribution is 4.95. The fourth-order valence-electron chi connectivity index (χ4n) is 4.38. The summed E-state index contributed by atoms with van der Waals surface area (Å²) in [4.78, 5) is 0. The molecule has 0 heterocycles. The average molecular weight is 267 g/mol. The highest BCUT2D eigenvalue weighted by atomic mass is 16.3. The summed E-state index contributed by atoms with van der Waals surface area (Å²) < 4.78 is 0. The molecular weight excluding hydrogens is 234 g/mol. The molecule has 1 atom stereocenters. The average Bonchev–Trinajstić information content (AvgIpc) is 2.47. The van der Waals surface area contributed by atoms with Crippen LogP contribution < -0.4 is 5.73 Å². The lowest BCUT2D eigenvalue weighted by Crippen LogP contribution is -2.48. The van der Waals surface area contributed by atoms with Crippen LogP contribution in [0, 0.1) is 23.2 Å². The van der Waals surface area contributed by atoms with Crippen LogP contribution in [-0.4, -0.2) is 17.8 Å². The van der Waals surface area contributed by atoms with Crippen molar-refractivity contribution in [1.82, 2.24) is 0 Å². The van der Waals surface area contributed by atoms with Crippen molar-refractivity contribution in [3.8, 4) is 0 Å².